The first-order chi connectivity index (χ1) is 13.4. The molecular formula is C21H20N2O3S2. The highest BCUT2D eigenvalue weighted by Crippen LogP contribution is 2.37. The fourth-order valence-corrected chi connectivity index (χ4v) is 4.68. The van der Waals surface area contributed by atoms with Crippen LogP contribution in [0.5, 0.6) is 0 Å². The third-order valence-electron chi connectivity index (χ3n) is 4.79. The first-order valence-corrected chi connectivity index (χ1v) is 12.0. The SMILES string of the molecule is CS(=O)(=O)CCNC(=O)c1c2c(nc3ccccc13)/C(=C/c1cccs1)CC2. The number of amides is 1. The molecule has 2 aromatic heterocycles. The number of nitrogens with zero attached hydrogens (tertiary/aromatic N) is 1. The molecule has 1 aliphatic rings. The molecule has 0 spiro atoms. The molecule has 0 fully saturated rings. The van der Waals surface area contributed by atoms with E-state index in [1.54, 1.807) is 11.3 Å². The van der Waals surface area contributed by atoms with Crippen LogP contribution < -0.4 is 5.32 Å². The Morgan fingerprint density at radius 1 is 1.21 bits per heavy atom. The Bertz CT molecular complexity index is 1180. The van der Waals surface area contributed by atoms with Crippen molar-refractivity contribution in [3.8, 4) is 0 Å². The van der Waals surface area contributed by atoms with Crippen LogP contribution in [0.25, 0.3) is 22.6 Å². The van der Waals surface area contributed by atoms with Crippen LogP contribution in [0.2, 0.25) is 0 Å². The average molecular weight is 413 g/mol. The number of carbonyl (C=O) groups is 1. The van der Waals surface area contributed by atoms with Crippen LogP contribution >= 0.6 is 11.3 Å². The number of aromatic nitrogens is 1. The number of pyridine rings is 1. The van der Waals surface area contributed by atoms with Gasteiger partial charge in [0.2, 0.25) is 0 Å². The predicted octanol–water partition coefficient (Wildman–Crippen LogP) is 3.56. The molecule has 1 N–H and O–H groups in total. The zero-order valence-electron chi connectivity index (χ0n) is 15.4. The molecule has 0 unspecified atom stereocenters. The molecule has 0 bridgehead atoms. The molecule has 3 aromatic rings. The summed E-state index contributed by atoms with van der Waals surface area (Å²) in [5.74, 6) is -0.316. The number of sulfone groups is 1. The summed E-state index contributed by atoms with van der Waals surface area (Å²) in [6, 6.07) is 11.7. The van der Waals surface area contributed by atoms with E-state index in [0.717, 1.165) is 45.5 Å². The van der Waals surface area contributed by atoms with E-state index >= 15 is 0 Å². The largest absolute Gasteiger partial charge is 0.351 e. The third-order valence-corrected chi connectivity index (χ3v) is 6.55. The van der Waals surface area contributed by atoms with Crippen LogP contribution in [-0.4, -0.2) is 37.9 Å². The van der Waals surface area contributed by atoms with Crippen LogP contribution in [0, 0.1) is 0 Å². The van der Waals surface area contributed by atoms with Gasteiger partial charge < -0.3 is 5.32 Å². The van der Waals surface area contributed by atoms with Crippen molar-refractivity contribution in [1.29, 1.82) is 0 Å². The molecule has 0 saturated carbocycles. The molecule has 5 nitrogen and oxygen atoms in total. The molecule has 4 rings (SSSR count). The van der Waals surface area contributed by atoms with Crippen molar-refractivity contribution in [3.05, 3.63) is 63.5 Å². The second-order valence-corrected chi connectivity index (χ2v) is 10.1. The minimum Gasteiger partial charge on any atom is -0.351 e. The standard InChI is InChI=1S/C21H20N2O3S2/c1-28(25,26)12-10-22-21(24)19-16-6-2-3-7-18(16)23-20-14(8-9-17(19)20)13-15-5-4-11-27-15/h2-7,11,13H,8-10,12H2,1H3,(H,22,24)/b14-13+. The van der Waals surface area contributed by atoms with Gasteiger partial charge in [-0.2, -0.15) is 0 Å². The molecule has 28 heavy (non-hydrogen) atoms. The summed E-state index contributed by atoms with van der Waals surface area (Å²) in [6.07, 6.45) is 4.89. The molecule has 0 radical (unpaired) electrons. The van der Waals surface area contributed by atoms with Gasteiger partial charge in [-0.1, -0.05) is 24.3 Å². The Balaban J connectivity index is 1.77. The number of carbonyl (C=O) groups excluding carboxylic acids is 1. The molecule has 144 valence electrons. The minimum absolute atomic E-state index is 0.0759. The lowest BCUT2D eigenvalue weighted by atomic mass is 10.00. The quantitative estimate of drug-likeness (QED) is 0.695. The maximum atomic E-state index is 13.0. The summed E-state index contributed by atoms with van der Waals surface area (Å²) < 4.78 is 22.8. The summed E-state index contributed by atoms with van der Waals surface area (Å²) in [5.41, 5.74) is 4.34. The number of rotatable bonds is 5. The van der Waals surface area contributed by atoms with Gasteiger partial charge in [0.1, 0.15) is 9.84 Å². The highest BCUT2D eigenvalue weighted by atomic mass is 32.2. The van der Waals surface area contributed by atoms with E-state index < -0.39 is 9.84 Å². The lowest BCUT2D eigenvalue weighted by Gasteiger charge is -2.13. The van der Waals surface area contributed by atoms with Gasteiger partial charge in [0, 0.05) is 23.1 Å². The van der Waals surface area contributed by atoms with Gasteiger partial charge in [-0.3, -0.25) is 4.79 Å². The first kappa shape index (κ1) is 18.8. The molecular weight excluding hydrogens is 392 g/mol. The van der Waals surface area contributed by atoms with Crippen LogP contribution in [0.3, 0.4) is 0 Å². The number of nitrogens with one attached hydrogen (secondary N) is 1. The van der Waals surface area contributed by atoms with E-state index in [2.05, 4.69) is 17.5 Å². The van der Waals surface area contributed by atoms with Crippen LogP contribution in [0.1, 0.15) is 32.9 Å². The summed E-state index contributed by atoms with van der Waals surface area (Å²) in [5, 5.41) is 5.61. The summed E-state index contributed by atoms with van der Waals surface area (Å²) in [7, 11) is -3.13. The number of hydrogen-bond acceptors (Lipinski definition) is 5. The minimum atomic E-state index is -3.13. The highest BCUT2D eigenvalue weighted by Gasteiger charge is 2.26. The highest BCUT2D eigenvalue weighted by molar-refractivity contribution is 7.90. The van der Waals surface area contributed by atoms with E-state index in [1.165, 1.54) is 6.26 Å². The number of thiophene rings is 1. The van der Waals surface area contributed by atoms with Gasteiger partial charge in [-0.15, -0.1) is 11.3 Å². The number of hydrogen-bond donors (Lipinski definition) is 1. The molecule has 0 atom stereocenters. The fraction of sp³-hybridized carbons (Fsp3) is 0.238. The Hall–Kier alpha value is -2.51. The van der Waals surface area contributed by atoms with Gasteiger partial charge in [0.05, 0.1) is 22.5 Å². The smallest absolute Gasteiger partial charge is 0.252 e. The van der Waals surface area contributed by atoms with Crippen molar-refractivity contribution in [3.63, 3.8) is 0 Å². The summed E-state index contributed by atoms with van der Waals surface area (Å²) in [4.78, 5) is 19.0. The molecule has 1 aromatic carbocycles. The molecule has 2 heterocycles. The van der Waals surface area contributed by atoms with Crippen molar-refractivity contribution in [1.82, 2.24) is 10.3 Å². The van der Waals surface area contributed by atoms with Crippen LogP contribution in [0.4, 0.5) is 0 Å². The van der Waals surface area contributed by atoms with Gasteiger partial charge >= 0.3 is 0 Å². The van der Waals surface area contributed by atoms with Gasteiger partial charge in [-0.05, 0) is 47.6 Å². The Morgan fingerprint density at radius 3 is 2.79 bits per heavy atom. The normalized spacial score (nSPS) is 15.1. The third kappa shape index (κ3) is 3.86. The Morgan fingerprint density at radius 2 is 2.04 bits per heavy atom. The lowest BCUT2D eigenvalue weighted by molar-refractivity contribution is 0.0957. The zero-order chi connectivity index (χ0) is 19.7. The maximum absolute atomic E-state index is 13.0. The molecule has 0 saturated heterocycles. The Kier molecular flexibility index (Phi) is 5.03. The van der Waals surface area contributed by atoms with Crippen molar-refractivity contribution < 1.29 is 13.2 Å². The number of para-hydroxylation sites is 1. The number of fused-ring (bicyclic) bond motifs is 2. The summed E-state index contributed by atoms with van der Waals surface area (Å²) in [6.45, 7) is 0.0982. The Labute approximate surface area is 168 Å². The summed E-state index contributed by atoms with van der Waals surface area (Å²) >= 11 is 1.67. The lowest BCUT2D eigenvalue weighted by Crippen LogP contribution is -2.29. The first-order valence-electron chi connectivity index (χ1n) is 9.04. The molecule has 7 heteroatoms. The van der Waals surface area contributed by atoms with E-state index in [0.29, 0.717) is 5.56 Å². The number of benzene rings is 1. The molecule has 1 amide bonds. The van der Waals surface area contributed by atoms with Gasteiger partial charge in [0.15, 0.2) is 0 Å². The fourth-order valence-electron chi connectivity index (χ4n) is 3.52. The monoisotopic (exact) mass is 412 g/mol. The molecule has 0 aliphatic heterocycles. The van der Waals surface area contributed by atoms with Crippen molar-refractivity contribution in [2.45, 2.75) is 12.8 Å². The van der Waals surface area contributed by atoms with Crippen LogP contribution in [0.15, 0.2) is 41.8 Å². The van der Waals surface area contributed by atoms with E-state index in [4.69, 9.17) is 4.98 Å². The number of allylic oxidation sites excluding steroid dienone is 1. The zero-order valence-corrected chi connectivity index (χ0v) is 17.1. The second kappa shape index (κ2) is 7.48. The van der Waals surface area contributed by atoms with Gasteiger partial charge in [0.25, 0.3) is 5.91 Å². The van der Waals surface area contributed by atoms with E-state index in [9.17, 15) is 13.2 Å². The van der Waals surface area contributed by atoms with Crippen LogP contribution in [-0.2, 0) is 16.3 Å². The maximum Gasteiger partial charge on any atom is 0.252 e. The average Bonchev–Trinajstić information content (AvgIpc) is 3.29. The predicted molar refractivity (Wildman–Crippen MR) is 114 cm³/mol. The van der Waals surface area contributed by atoms with Crippen molar-refractivity contribution >= 4 is 49.6 Å². The topological polar surface area (TPSA) is 76.1 Å². The van der Waals surface area contributed by atoms with Crippen molar-refractivity contribution in [2.24, 2.45) is 0 Å². The van der Waals surface area contributed by atoms with E-state index in [1.807, 2.05) is 35.7 Å². The second-order valence-electron chi connectivity index (χ2n) is 6.90. The van der Waals surface area contributed by atoms with E-state index in [-0.39, 0.29) is 18.2 Å². The molecule has 1 aliphatic carbocycles. The van der Waals surface area contributed by atoms with Crippen molar-refractivity contribution in [2.75, 3.05) is 18.6 Å². The van der Waals surface area contributed by atoms with Gasteiger partial charge in [-0.25, -0.2) is 13.4 Å².